The number of imide groups is 1. The second-order valence-corrected chi connectivity index (χ2v) is 6.52. The molecular weight excluding hydrogens is 350 g/mol. The monoisotopic (exact) mass is 375 g/mol. The first kappa shape index (κ1) is 20.6. The fraction of sp³-hybridized carbons (Fsp3) is 0.474. The van der Waals surface area contributed by atoms with Gasteiger partial charge in [-0.15, -0.1) is 0 Å². The number of amides is 3. The number of hydrogen-bond acceptors (Lipinski definition) is 5. The number of benzene rings is 1. The Hall–Kier alpha value is -2.74. The molecule has 1 aliphatic rings. The fourth-order valence-corrected chi connectivity index (χ4v) is 2.91. The lowest BCUT2D eigenvalue weighted by molar-refractivity contribution is -0.137. The number of carboxylic acid groups (broad SMARTS) is 1. The van der Waals surface area contributed by atoms with Crippen LogP contribution in [0.4, 0.5) is 4.79 Å². The Kier molecular flexibility index (Phi) is 7.94. The van der Waals surface area contributed by atoms with Crippen LogP contribution >= 0.6 is 0 Å². The summed E-state index contributed by atoms with van der Waals surface area (Å²) >= 11 is 0. The Labute approximate surface area is 157 Å². The van der Waals surface area contributed by atoms with Gasteiger partial charge in [0, 0.05) is 12.8 Å². The Morgan fingerprint density at radius 2 is 1.89 bits per heavy atom. The molecule has 3 N–H and O–H groups in total. The van der Waals surface area contributed by atoms with Crippen LogP contribution in [0.1, 0.15) is 44.1 Å². The Morgan fingerprint density at radius 1 is 1.19 bits per heavy atom. The number of aliphatic hydroxyl groups excluding tert-OH is 1. The first-order valence-corrected chi connectivity index (χ1v) is 9.09. The van der Waals surface area contributed by atoms with Crippen LogP contribution in [0.5, 0.6) is 0 Å². The zero-order valence-corrected chi connectivity index (χ0v) is 15.1. The molecule has 1 saturated heterocycles. The summed E-state index contributed by atoms with van der Waals surface area (Å²) in [5.41, 5.74) is 0.941. The Morgan fingerprint density at radius 3 is 2.59 bits per heavy atom. The van der Waals surface area contributed by atoms with Gasteiger partial charge in [-0.1, -0.05) is 49.6 Å². The van der Waals surface area contributed by atoms with E-state index >= 15 is 0 Å². The molecule has 0 saturated carbocycles. The zero-order valence-electron chi connectivity index (χ0n) is 15.1. The van der Waals surface area contributed by atoms with Crippen molar-refractivity contribution in [2.24, 2.45) is 5.10 Å². The number of rotatable bonds is 11. The number of urea groups is 1. The summed E-state index contributed by atoms with van der Waals surface area (Å²) in [4.78, 5) is 34.3. The van der Waals surface area contributed by atoms with Gasteiger partial charge in [0.05, 0.1) is 12.3 Å². The number of aliphatic hydroxyl groups is 1. The first-order valence-electron chi connectivity index (χ1n) is 9.09. The van der Waals surface area contributed by atoms with E-state index in [1.807, 2.05) is 30.3 Å². The highest BCUT2D eigenvalue weighted by atomic mass is 16.4. The Bertz CT molecular complexity index is 677. The van der Waals surface area contributed by atoms with E-state index in [4.69, 9.17) is 5.11 Å². The number of hydrazone groups is 1. The van der Waals surface area contributed by atoms with Crippen molar-refractivity contribution in [1.82, 2.24) is 10.3 Å². The SMILES string of the molecule is O=C(O)CCCCCCC1C(=O)NC(=O)N1/N=C/C(O)Cc1ccccc1. The van der Waals surface area contributed by atoms with E-state index in [-0.39, 0.29) is 6.42 Å². The van der Waals surface area contributed by atoms with E-state index < -0.39 is 30.1 Å². The molecule has 1 aliphatic heterocycles. The normalized spacial score (nSPS) is 18.1. The van der Waals surface area contributed by atoms with Gasteiger partial charge < -0.3 is 10.2 Å². The highest BCUT2D eigenvalue weighted by molar-refractivity contribution is 6.04. The van der Waals surface area contributed by atoms with E-state index in [9.17, 15) is 19.5 Å². The molecule has 1 heterocycles. The van der Waals surface area contributed by atoms with E-state index in [1.54, 1.807) is 0 Å². The predicted molar refractivity (Wildman–Crippen MR) is 99.1 cm³/mol. The van der Waals surface area contributed by atoms with Crippen molar-refractivity contribution in [3.8, 4) is 0 Å². The Balaban J connectivity index is 1.82. The van der Waals surface area contributed by atoms with Crippen LogP contribution in [0, 0.1) is 0 Å². The molecule has 1 aromatic rings. The standard InChI is InChI=1S/C19H25N3O5/c23-15(12-14-8-4-3-5-9-14)13-20-22-16(18(26)21-19(22)27)10-6-1-2-7-11-17(24)25/h3-5,8-9,13,15-16,23H,1-2,6-7,10-12H2,(H,24,25)(H,21,26,27)/b20-13+. The average molecular weight is 375 g/mol. The van der Waals surface area contributed by atoms with Gasteiger partial charge in [0.2, 0.25) is 0 Å². The molecule has 0 spiro atoms. The third-order valence-corrected chi connectivity index (χ3v) is 4.31. The molecule has 1 aromatic carbocycles. The molecule has 0 aliphatic carbocycles. The number of aliphatic carboxylic acids is 1. The molecular formula is C19H25N3O5. The van der Waals surface area contributed by atoms with Crippen molar-refractivity contribution in [1.29, 1.82) is 0 Å². The van der Waals surface area contributed by atoms with Gasteiger partial charge in [0.25, 0.3) is 5.91 Å². The number of carboxylic acids is 1. The molecule has 8 heteroatoms. The number of carbonyl (C=O) groups is 3. The zero-order chi connectivity index (χ0) is 19.6. The number of hydrogen-bond donors (Lipinski definition) is 3. The second-order valence-electron chi connectivity index (χ2n) is 6.52. The highest BCUT2D eigenvalue weighted by Crippen LogP contribution is 2.17. The summed E-state index contributed by atoms with van der Waals surface area (Å²) in [5, 5.41) is 26.0. The molecule has 0 radical (unpaired) electrons. The third-order valence-electron chi connectivity index (χ3n) is 4.31. The molecule has 27 heavy (non-hydrogen) atoms. The van der Waals surface area contributed by atoms with Gasteiger partial charge in [-0.2, -0.15) is 5.10 Å². The second kappa shape index (κ2) is 10.4. The minimum absolute atomic E-state index is 0.137. The molecule has 8 nitrogen and oxygen atoms in total. The molecule has 1 fully saturated rings. The maximum absolute atomic E-state index is 12.0. The summed E-state index contributed by atoms with van der Waals surface area (Å²) in [7, 11) is 0. The van der Waals surface area contributed by atoms with Crippen molar-refractivity contribution >= 4 is 24.1 Å². The molecule has 2 unspecified atom stereocenters. The first-order chi connectivity index (χ1) is 13.0. The van der Waals surface area contributed by atoms with Gasteiger partial charge >= 0.3 is 12.0 Å². The minimum Gasteiger partial charge on any atom is -0.481 e. The van der Waals surface area contributed by atoms with E-state index in [0.29, 0.717) is 25.7 Å². The summed E-state index contributed by atoms with van der Waals surface area (Å²) in [6.07, 6.45) is 4.16. The molecule has 2 rings (SSSR count). The van der Waals surface area contributed by atoms with Crippen LogP contribution < -0.4 is 5.32 Å². The average Bonchev–Trinajstić information content (AvgIpc) is 2.89. The molecule has 0 bridgehead atoms. The van der Waals surface area contributed by atoms with Crippen LogP contribution in [0.25, 0.3) is 0 Å². The van der Waals surface area contributed by atoms with Crippen molar-refractivity contribution in [3.63, 3.8) is 0 Å². The highest BCUT2D eigenvalue weighted by Gasteiger charge is 2.38. The maximum atomic E-state index is 12.0. The quantitative estimate of drug-likeness (QED) is 0.310. The maximum Gasteiger partial charge on any atom is 0.345 e. The summed E-state index contributed by atoms with van der Waals surface area (Å²) in [5.74, 6) is -1.22. The fourth-order valence-electron chi connectivity index (χ4n) is 2.91. The van der Waals surface area contributed by atoms with Gasteiger partial charge in [-0.3, -0.25) is 14.9 Å². The van der Waals surface area contributed by atoms with Crippen molar-refractivity contribution in [3.05, 3.63) is 35.9 Å². The summed E-state index contributed by atoms with van der Waals surface area (Å²) in [6.45, 7) is 0. The van der Waals surface area contributed by atoms with Crippen LogP contribution in [-0.4, -0.2) is 51.5 Å². The summed E-state index contributed by atoms with van der Waals surface area (Å²) in [6, 6.07) is 8.11. The largest absolute Gasteiger partial charge is 0.481 e. The topological polar surface area (TPSA) is 119 Å². The number of nitrogens with one attached hydrogen (secondary N) is 1. The third kappa shape index (κ3) is 6.82. The van der Waals surface area contributed by atoms with Crippen LogP contribution in [0.3, 0.4) is 0 Å². The lowest BCUT2D eigenvalue weighted by atomic mass is 10.1. The molecule has 146 valence electrons. The lowest BCUT2D eigenvalue weighted by Gasteiger charge is -2.16. The van der Waals surface area contributed by atoms with Gasteiger partial charge in [0.1, 0.15) is 6.04 Å². The minimum atomic E-state index is -0.868. The summed E-state index contributed by atoms with van der Waals surface area (Å²) < 4.78 is 0. The van der Waals surface area contributed by atoms with E-state index in [2.05, 4.69) is 10.4 Å². The van der Waals surface area contributed by atoms with Crippen LogP contribution in [0.2, 0.25) is 0 Å². The van der Waals surface area contributed by atoms with Crippen molar-refractivity contribution in [2.75, 3.05) is 0 Å². The van der Waals surface area contributed by atoms with Crippen molar-refractivity contribution in [2.45, 2.75) is 57.1 Å². The number of carbonyl (C=O) groups excluding carboxylic acids is 2. The number of unbranched alkanes of at least 4 members (excludes halogenated alkanes) is 3. The van der Waals surface area contributed by atoms with Gasteiger partial charge in [-0.05, 0) is 18.4 Å². The van der Waals surface area contributed by atoms with Crippen LogP contribution in [-0.2, 0) is 16.0 Å². The molecule has 3 amide bonds. The smallest absolute Gasteiger partial charge is 0.345 e. The predicted octanol–water partition coefficient (Wildman–Crippen LogP) is 1.92. The van der Waals surface area contributed by atoms with Crippen molar-refractivity contribution < 1.29 is 24.6 Å². The molecule has 2 atom stereocenters. The van der Waals surface area contributed by atoms with Gasteiger partial charge in [-0.25, -0.2) is 9.80 Å². The molecule has 0 aromatic heterocycles. The van der Waals surface area contributed by atoms with Crippen LogP contribution in [0.15, 0.2) is 35.4 Å². The van der Waals surface area contributed by atoms with E-state index in [1.165, 1.54) is 6.21 Å². The van der Waals surface area contributed by atoms with E-state index in [0.717, 1.165) is 23.4 Å². The van der Waals surface area contributed by atoms with Gasteiger partial charge in [0.15, 0.2) is 0 Å². The lowest BCUT2D eigenvalue weighted by Crippen LogP contribution is -2.31. The number of nitrogens with zero attached hydrogens (tertiary/aromatic N) is 2.